The average molecular weight is 222 g/mol. The molecule has 3 rings (SSSR count). The van der Waals surface area contributed by atoms with Crippen LogP contribution in [0.25, 0.3) is 0 Å². The van der Waals surface area contributed by atoms with Gasteiger partial charge in [-0.2, -0.15) is 0 Å². The van der Waals surface area contributed by atoms with Crippen molar-refractivity contribution in [3.05, 3.63) is 12.2 Å². The van der Waals surface area contributed by atoms with Crippen molar-refractivity contribution in [2.45, 2.75) is 57.3 Å². The molecule has 0 N–H and O–H groups in total. The Kier molecular flexibility index (Phi) is 2.60. The van der Waals surface area contributed by atoms with Gasteiger partial charge in [0.05, 0.1) is 12.7 Å². The summed E-state index contributed by atoms with van der Waals surface area (Å²) in [7, 11) is 0. The second-order valence-corrected chi connectivity index (χ2v) is 5.77. The molecule has 0 aromatic carbocycles. The maximum absolute atomic E-state index is 6.19. The first-order valence-electron chi connectivity index (χ1n) is 6.68. The zero-order chi connectivity index (χ0) is 11.2. The number of fused-ring (bicyclic) bond motifs is 2. The third-order valence-corrected chi connectivity index (χ3v) is 4.66. The molecule has 3 aliphatic rings. The van der Waals surface area contributed by atoms with E-state index in [1.807, 2.05) is 0 Å². The van der Waals surface area contributed by atoms with E-state index in [4.69, 9.17) is 9.47 Å². The molecule has 0 aromatic heterocycles. The van der Waals surface area contributed by atoms with Crippen molar-refractivity contribution in [3.8, 4) is 0 Å². The lowest BCUT2D eigenvalue weighted by Gasteiger charge is -2.37. The first kappa shape index (κ1) is 10.8. The van der Waals surface area contributed by atoms with Crippen LogP contribution >= 0.6 is 0 Å². The molecule has 0 aromatic rings. The van der Waals surface area contributed by atoms with Gasteiger partial charge >= 0.3 is 0 Å². The Morgan fingerprint density at radius 2 is 2.00 bits per heavy atom. The Hall–Kier alpha value is -0.340. The van der Waals surface area contributed by atoms with Crippen molar-refractivity contribution in [3.63, 3.8) is 0 Å². The third kappa shape index (κ3) is 1.54. The SMILES string of the molecule is C=C(C)[C@H]1C[C@@]2(C3CCCCC3)OC[C@@H]1O2. The first-order valence-corrected chi connectivity index (χ1v) is 6.68. The van der Waals surface area contributed by atoms with E-state index in [1.54, 1.807) is 0 Å². The van der Waals surface area contributed by atoms with E-state index in [9.17, 15) is 0 Å². The lowest BCUT2D eigenvalue weighted by molar-refractivity contribution is -0.191. The van der Waals surface area contributed by atoms with Gasteiger partial charge in [-0.15, -0.1) is 0 Å². The molecule has 2 bridgehead atoms. The van der Waals surface area contributed by atoms with Crippen LogP contribution < -0.4 is 0 Å². The van der Waals surface area contributed by atoms with Gasteiger partial charge in [-0.25, -0.2) is 0 Å². The van der Waals surface area contributed by atoms with Gasteiger partial charge in [0.25, 0.3) is 0 Å². The first-order chi connectivity index (χ1) is 7.71. The zero-order valence-electron chi connectivity index (χ0n) is 10.2. The molecule has 2 saturated heterocycles. The minimum Gasteiger partial charge on any atom is -0.347 e. The highest BCUT2D eigenvalue weighted by Crippen LogP contribution is 2.52. The van der Waals surface area contributed by atoms with E-state index in [0.717, 1.165) is 13.0 Å². The van der Waals surface area contributed by atoms with Crippen molar-refractivity contribution in [1.82, 2.24) is 0 Å². The van der Waals surface area contributed by atoms with Crippen LogP contribution in [0.15, 0.2) is 12.2 Å². The van der Waals surface area contributed by atoms with Crippen molar-refractivity contribution in [2.24, 2.45) is 11.8 Å². The molecule has 1 saturated carbocycles. The summed E-state index contributed by atoms with van der Waals surface area (Å²) in [6.07, 6.45) is 8.01. The van der Waals surface area contributed by atoms with Crippen molar-refractivity contribution >= 4 is 0 Å². The fourth-order valence-corrected chi connectivity index (χ4v) is 3.71. The summed E-state index contributed by atoms with van der Waals surface area (Å²) < 4.78 is 12.2. The maximum atomic E-state index is 6.19. The molecule has 1 aliphatic carbocycles. The second kappa shape index (κ2) is 3.85. The van der Waals surface area contributed by atoms with E-state index >= 15 is 0 Å². The smallest absolute Gasteiger partial charge is 0.172 e. The Bertz CT molecular complexity index is 293. The van der Waals surface area contributed by atoms with E-state index in [-0.39, 0.29) is 5.79 Å². The van der Waals surface area contributed by atoms with Crippen LogP contribution in [-0.2, 0) is 9.47 Å². The monoisotopic (exact) mass is 222 g/mol. The van der Waals surface area contributed by atoms with Gasteiger partial charge in [0.15, 0.2) is 5.79 Å². The van der Waals surface area contributed by atoms with Crippen LogP contribution in [0.2, 0.25) is 0 Å². The summed E-state index contributed by atoms with van der Waals surface area (Å²) in [5, 5.41) is 0. The largest absolute Gasteiger partial charge is 0.347 e. The fourth-order valence-electron chi connectivity index (χ4n) is 3.71. The molecular formula is C14H22O2. The normalized spacial score (nSPS) is 43.8. The number of hydrogen-bond acceptors (Lipinski definition) is 2. The van der Waals surface area contributed by atoms with Gasteiger partial charge in [0.2, 0.25) is 0 Å². The highest BCUT2D eigenvalue weighted by atomic mass is 16.8. The second-order valence-electron chi connectivity index (χ2n) is 5.77. The van der Waals surface area contributed by atoms with Crippen molar-refractivity contribution in [2.75, 3.05) is 6.61 Å². The molecule has 0 unspecified atom stereocenters. The van der Waals surface area contributed by atoms with Gasteiger partial charge in [-0.05, 0) is 19.8 Å². The Balaban J connectivity index is 1.76. The van der Waals surface area contributed by atoms with Crippen LogP contribution in [0.4, 0.5) is 0 Å². The molecule has 0 radical (unpaired) electrons. The lowest BCUT2D eigenvalue weighted by atomic mass is 9.78. The molecule has 0 amide bonds. The quantitative estimate of drug-likeness (QED) is 0.668. The standard InChI is InChI=1S/C14H22O2/c1-10(2)12-8-14(15-9-13(12)16-14)11-6-4-3-5-7-11/h11-13H,1,3-9H2,2H3/t12-,13+,14-/m1/s1. The van der Waals surface area contributed by atoms with Gasteiger partial charge in [-0.1, -0.05) is 31.4 Å². The highest BCUT2D eigenvalue weighted by molar-refractivity contribution is 5.09. The molecule has 16 heavy (non-hydrogen) atoms. The van der Waals surface area contributed by atoms with E-state index in [1.165, 1.54) is 37.7 Å². The third-order valence-electron chi connectivity index (χ3n) is 4.66. The molecule has 2 heteroatoms. The number of hydrogen-bond donors (Lipinski definition) is 0. The molecule has 90 valence electrons. The summed E-state index contributed by atoms with van der Waals surface area (Å²) in [6, 6.07) is 0. The summed E-state index contributed by atoms with van der Waals surface area (Å²) in [4.78, 5) is 0. The minimum absolute atomic E-state index is 0.227. The van der Waals surface area contributed by atoms with E-state index in [0.29, 0.717) is 17.9 Å². The van der Waals surface area contributed by atoms with E-state index < -0.39 is 0 Å². The van der Waals surface area contributed by atoms with Crippen molar-refractivity contribution < 1.29 is 9.47 Å². The fraction of sp³-hybridized carbons (Fsp3) is 0.857. The summed E-state index contributed by atoms with van der Waals surface area (Å²) >= 11 is 0. The molecule has 0 spiro atoms. The zero-order valence-corrected chi connectivity index (χ0v) is 10.2. The lowest BCUT2D eigenvalue weighted by Crippen LogP contribution is -2.40. The molecule has 2 heterocycles. The Labute approximate surface area is 98.0 Å². The average Bonchev–Trinajstić information content (AvgIpc) is 2.89. The topological polar surface area (TPSA) is 18.5 Å². The van der Waals surface area contributed by atoms with Crippen LogP contribution in [0, 0.1) is 11.8 Å². The molecule has 2 nitrogen and oxygen atoms in total. The number of rotatable bonds is 2. The van der Waals surface area contributed by atoms with Gasteiger partial charge in [0, 0.05) is 18.3 Å². The van der Waals surface area contributed by atoms with Gasteiger partial charge < -0.3 is 9.47 Å². The van der Waals surface area contributed by atoms with Crippen LogP contribution in [0.1, 0.15) is 45.4 Å². The Morgan fingerprint density at radius 3 is 2.62 bits per heavy atom. The molecule has 2 aliphatic heterocycles. The van der Waals surface area contributed by atoms with Crippen LogP contribution in [0.3, 0.4) is 0 Å². The van der Waals surface area contributed by atoms with Gasteiger partial charge in [-0.3, -0.25) is 0 Å². The predicted molar refractivity (Wildman–Crippen MR) is 63.1 cm³/mol. The Morgan fingerprint density at radius 1 is 1.25 bits per heavy atom. The highest BCUT2D eigenvalue weighted by Gasteiger charge is 2.57. The summed E-state index contributed by atoms with van der Waals surface area (Å²) in [5.74, 6) is 0.945. The van der Waals surface area contributed by atoms with Gasteiger partial charge in [0.1, 0.15) is 0 Å². The van der Waals surface area contributed by atoms with E-state index in [2.05, 4.69) is 13.5 Å². The minimum atomic E-state index is -0.227. The molecule has 3 fully saturated rings. The summed E-state index contributed by atoms with van der Waals surface area (Å²) in [6.45, 7) is 7.01. The maximum Gasteiger partial charge on any atom is 0.172 e. The predicted octanol–water partition coefficient (Wildman–Crippen LogP) is 3.27. The molecule has 3 atom stereocenters. The van der Waals surface area contributed by atoms with Crippen LogP contribution in [-0.4, -0.2) is 18.5 Å². The van der Waals surface area contributed by atoms with Crippen LogP contribution in [0.5, 0.6) is 0 Å². The summed E-state index contributed by atoms with van der Waals surface area (Å²) in [5.41, 5.74) is 1.27. The molecular weight excluding hydrogens is 200 g/mol. The number of ether oxygens (including phenoxy) is 2. The van der Waals surface area contributed by atoms with Crippen molar-refractivity contribution in [1.29, 1.82) is 0 Å².